The van der Waals surface area contributed by atoms with Crippen molar-refractivity contribution in [2.24, 2.45) is 12.0 Å². The molecule has 158 valence electrons. The van der Waals surface area contributed by atoms with Gasteiger partial charge in [0.15, 0.2) is 4.80 Å². The quantitative estimate of drug-likeness (QED) is 0.619. The highest BCUT2D eigenvalue weighted by Gasteiger charge is 2.25. The fourth-order valence-electron chi connectivity index (χ4n) is 3.96. The van der Waals surface area contributed by atoms with Crippen LogP contribution in [0.1, 0.15) is 40.7 Å². The van der Waals surface area contributed by atoms with E-state index in [1.165, 1.54) is 33.3 Å². The molecule has 0 spiro atoms. The first-order valence-corrected chi connectivity index (χ1v) is 12.3. The molecule has 1 saturated heterocycles. The van der Waals surface area contributed by atoms with E-state index in [1.807, 2.05) is 18.5 Å². The maximum atomic E-state index is 12.8. The van der Waals surface area contributed by atoms with E-state index in [9.17, 15) is 13.2 Å². The molecule has 2 aromatic carbocycles. The summed E-state index contributed by atoms with van der Waals surface area (Å²) in [5, 5.41) is 0. The summed E-state index contributed by atoms with van der Waals surface area (Å²) in [5.41, 5.74) is 3.76. The molecule has 0 atom stereocenters. The van der Waals surface area contributed by atoms with Crippen molar-refractivity contribution in [3.05, 3.63) is 57.9 Å². The van der Waals surface area contributed by atoms with Crippen molar-refractivity contribution in [3.63, 3.8) is 0 Å². The van der Waals surface area contributed by atoms with Crippen molar-refractivity contribution >= 4 is 37.5 Å². The number of fused-ring (bicyclic) bond motifs is 1. The first-order valence-electron chi connectivity index (χ1n) is 10.0. The third kappa shape index (κ3) is 3.87. The number of aryl methyl sites for hydroxylation is 3. The van der Waals surface area contributed by atoms with Gasteiger partial charge in [0.25, 0.3) is 5.91 Å². The van der Waals surface area contributed by atoms with E-state index in [0.717, 1.165) is 35.0 Å². The Morgan fingerprint density at radius 2 is 1.70 bits per heavy atom. The van der Waals surface area contributed by atoms with E-state index in [0.29, 0.717) is 23.5 Å². The van der Waals surface area contributed by atoms with Crippen molar-refractivity contribution in [3.8, 4) is 0 Å². The molecule has 1 aromatic heterocycles. The smallest absolute Gasteiger partial charge is 0.279 e. The lowest BCUT2D eigenvalue weighted by Gasteiger charge is -2.25. The number of hydrogen-bond acceptors (Lipinski definition) is 4. The second-order valence-electron chi connectivity index (χ2n) is 7.78. The second kappa shape index (κ2) is 8.09. The number of thiazole rings is 1. The van der Waals surface area contributed by atoms with Crippen LogP contribution < -0.4 is 4.80 Å². The average Bonchev–Trinajstić information content (AvgIpc) is 3.03. The molecule has 4 rings (SSSR count). The molecule has 0 N–H and O–H groups in total. The second-order valence-corrected chi connectivity index (χ2v) is 10.7. The molecule has 8 heteroatoms. The van der Waals surface area contributed by atoms with Gasteiger partial charge in [-0.2, -0.15) is 9.30 Å². The first-order chi connectivity index (χ1) is 14.3. The van der Waals surface area contributed by atoms with Gasteiger partial charge in [-0.05, 0) is 68.1 Å². The standard InChI is InChI=1S/C22H25N3O3S2/c1-15-13-16(2)20-19(14-15)29-22(24(20)3)23-21(26)17-7-9-18(10-8-17)30(27,28)25-11-5-4-6-12-25/h7-10,13-14H,4-6,11-12H2,1-3H3. The number of sulfonamides is 1. The Kier molecular flexibility index (Phi) is 5.65. The van der Waals surface area contributed by atoms with E-state index in [4.69, 9.17) is 0 Å². The van der Waals surface area contributed by atoms with Gasteiger partial charge in [0, 0.05) is 25.7 Å². The minimum atomic E-state index is -3.51. The summed E-state index contributed by atoms with van der Waals surface area (Å²) in [4.78, 5) is 17.9. The maximum absolute atomic E-state index is 12.8. The average molecular weight is 444 g/mol. The van der Waals surface area contributed by atoms with Gasteiger partial charge in [0.1, 0.15) is 0 Å². The number of piperidine rings is 1. The number of aromatic nitrogens is 1. The predicted octanol–water partition coefficient (Wildman–Crippen LogP) is 3.77. The van der Waals surface area contributed by atoms with Gasteiger partial charge >= 0.3 is 0 Å². The van der Waals surface area contributed by atoms with Crippen LogP contribution in [0.3, 0.4) is 0 Å². The molecule has 0 bridgehead atoms. The molecule has 0 aliphatic carbocycles. The van der Waals surface area contributed by atoms with Crippen molar-refractivity contribution in [1.29, 1.82) is 0 Å². The molecule has 1 aliphatic rings. The Morgan fingerprint density at radius 1 is 1.03 bits per heavy atom. The molecule has 6 nitrogen and oxygen atoms in total. The Morgan fingerprint density at radius 3 is 2.37 bits per heavy atom. The Bertz CT molecular complexity index is 1280. The van der Waals surface area contributed by atoms with Crippen LogP contribution in [0.15, 0.2) is 46.3 Å². The normalized spacial score (nSPS) is 16.3. The number of rotatable bonds is 3. The molecule has 1 fully saturated rings. The number of benzene rings is 2. The van der Waals surface area contributed by atoms with Gasteiger partial charge < -0.3 is 4.57 Å². The summed E-state index contributed by atoms with van der Waals surface area (Å²) < 4.78 is 30.1. The zero-order valence-corrected chi connectivity index (χ0v) is 19.0. The van der Waals surface area contributed by atoms with Gasteiger partial charge in [0.05, 0.1) is 15.1 Å². The molecule has 3 aromatic rings. The number of hydrogen-bond donors (Lipinski definition) is 0. The number of carbonyl (C=O) groups excluding carboxylic acids is 1. The molecular formula is C22H25N3O3S2. The number of amides is 1. The van der Waals surface area contributed by atoms with Crippen LogP contribution in [0, 0.1) is 13.8 Å². The summed E-state index contributed by atoms with van der Waals surface area (Å²) in [6.45, 7) is 5.21. The molecule has 0 unspecified atom stereocenters. The highest BCUT2D eigenvalue weighted by atomic mass is 32.2. The zero-order valence-electron chi connectivity index (χ0n) is 17.4. The van der Waals surface area contributed by atoms with Gasteiger partial charge in [-0.15, -0.1) is 0 Å². The van der Waals surface area contributed by atoms with Crippen LogP contribution in [0.25, 0.3) is 10.2 Å². The molecule has 0 saturated carbocycles. The fraction of sp³-hybridized carbons (Fsp3) is 0.364. The highest BCUT2D eigenvalue weighted by molar-refractivity contribution is 7.89. The molecule has 1 aliphatic heterocycles. The third-order valence-corrected chi connectivity index (χ3v) is 8.48. The zero-order chi connectivity index (χ0) is 21.5. The maximum Gasteiger partial charge on any atom is 0.279 e. The fourth-order valence-corrected chi connectivity index (χ4v) is 6.67. The van der Waals surface area contributed by atoms with Crippen LogP contribution in [-0.4, -0.2) is 36.3 Å². The monoisotopic (exact) mass is 443 g/mol. The van der Waals surface area contributed by atoms with Gasteiger partial charge in [-0.1, -0.05) is 23.8 Å². The van der Waals surface area contributed by atoms with Crippen LogP contribution in [0.5, 0.6) is 0 Å². The van der Waals surface area contributed by atoms with Crippen molar-refractivity contribution in [2.45, 2.75) is 38.0 Å². The molecule has 30 heavy (non-hydrogen) atoms. The topological polar surface area (TPSA) is 71.7 Å². The van der Waals surface area contributed by atoms with E-state index < -0.39 is 10.0 Å². The Hall–Kier alpha value is -2.29. The molecule has 2 heterocycles. The van der Waals surface area contributed by atoms with Gasteiger partial charge in [-0.3, -0.25) is 4.79 Å². The van der Waals surface area contributed by atoms with Gasteiger partial charge in [0.2, 0.25) is 10.0 Å². The lowest BCUT2D eigenvalue weighted by molar-refractivity contribution is 0.0998. The van der Waals surface area contributed by atoms with Crippen molar-refractivity contribution in [2.75, 3.05) is 13.1 Å². The van der Waals surface area contributed by atoms with E-state index in [1.54, 1.807) is 12.1 Å². The van der Waals surface area contributed by atoms with Crippen LogP contribution in [0.4, 0.5) is 0 Å². The van der Waals surface area contributed by atoms with Gasteiger partial charge in [-0.25, -0.2) is 8.42 Å². The van der Waals surface area contributed by atoms with Crippen LogP contribution in [-0.2, 0) is 17.1 Å². The Balaban J connectivity index is 1.64. The number of nitrogens with zero attached hydrogens (tertiary/aromatic N) is 3. The van der Waals surface area contributed by atoms with Crippen LogP contribution >= 0.6 is 11.3 Å². The summed E-state index contributed by atoms with van der Waals surface area (Å²) in [5.74, 6) is -0.381. The van der Waals surface area contributed by atoms with E-state index in [-0.39, 0.29) is 10.8 Å². The molecular weight excluding hydrogens is 418 g/mol. The van der Waals surface area contributed by atoms with Crippen molar-refractivity contribution in [1.82, 2.24) is 8.87 Å². The SMILES string of the molecule is Cc1cc(C)c2c(c1)sc(=NC(=O)c1ccc(S(=O)(=O)N3CCCCC3)cc1)n2C. The van der Waals surface area contributed by atoms with E-state index in [2.05, 4.69) is 24.0 Å². The Labute approximate surface area is 180 Å². The summed E-state index contributed by atoms with van der Waals surface area (Å²) in [6.07, 6.45) is 2.84. The lowest BCUT2D eigenvalue weighted by atomic mass is 10.1. The first kappa shape index (κ1) is 21.0. The summed E-state index contributed by atoms with van der Waals surface area (Å²) >= 11 is 1.47. The highest BCUT2D eigenvalue weighted by Crippen LogP contribution is 2.23. The lowest BCUT2D eigenvalue weighted by Crippen LogP contribution is -2.35. The third-order valence-electron chi connectivity index (χ3n) is 5.48. The summed E-state index contributed by atoms with van der Waals surface area (Å²) in [6, 6.07) is 10.3. The summed E-state index contributed by atoms with van der Waals surface area (Å²) in [7, 11) is -1.60. The largest absolute Gasteiger partial charge is 0.319 e. The number of carbonyl (C=O) groups is 1. The predicted molar refractivity (Wildman–Crippen MR) is 119 cm³/mol. The minimum Gasteiger partial charge on any atom is -0.319 e. The molecule has 1 amide bonds. The molecule has 0 radical (unpaired) electrons. The van der Waals surface area contributed by atoms with Crippen LogP contribution in [0.2, 0.25) is 0 Å². The van der Waals surface area contributed by atoms with E-state index >= 15 is 0 Å². The minimum absolute atomic E-state index is 0.222. The van der Waals surface area contributed by atoms with Crippen molar-refractivity contribution < 1.29 is 13.2 Å².